The molecule has 0 unspecified atom stereocenters. The van der Waals surface area contributed by atoms with E-state index < -0.39 is 0 Å². The van der Waals surface area contributed by atoms with Crippen molar-refractivity contribution in [3.8, 4) is 0 Å². The molecule has 1 aliphatic rings. The smallest absolute Gasteiger partial charge is 0.0372 e. The zero-order valence-corrected chi connectivity index (χ0v) is 9.50. The highest BCUT2D eigenvalue weighted by Gasteiger charge is 2.11. The molecule has 1 saturated carbocycles. The van der Waals surface area contributed by atoms with Crippen LogP contribution < -0.4 is 5.32 Å². The predicted molar refractivity (Wildman–Crippen MR) is 62.7 cm³/mol. The van der Waals surface area contributed by atoms with E-state index in [0.29, 0.717) is 0 Å². The fraction of sp³-hybridized carbons (Fsp3) is 0.615. The fourth-order valence-corrected chi connectivity index (χ4v) is 2.17. The van der Waals surface area contributed by atoms with Gasteiger partial charge in [0.2, 0.25) is 0 Å². The van der Waals surface area contributed by atoms with Gasteiger partial charge in [-0.1, -0.05) is 25.3 Å². The number of nitrogens with zero attached hydrogens (tertiary/aromatic N) is 1. The van der Waals surface area contributed by atoms with Crippen LogP contribution in [0.15, 0.2) is 18.3 Å². The number of rotatable bonds is 3. The lowest BCUT2D eigenvalue weighted by Gasteiger charge is -2.22. The number of aromatic nitrogens is 1. The molecular formula is C13H20N2. The molecule has 1 aromatic rings. The van der Waals surface area contributed by atoms with Crippen molar-refractivity contribution in [1.82, 2.24) is 10.3 Å². The normalized spacial score (nSPS) is 17.9. The van der Waals surface area contributed by atoms with Gasteiger partial charge in [0.15, 0.2) is 0 Å². The van der Waals surface area contributed by atoms with Crippen LogP contribution in [-0.2, 0) is 6.54 Å². The van der Waals surface area contributed by atoms with Gasteiger partial charge in [-0.15, -0.1) is 0 Å². The van der Waals surface area contributed by atoms with Gasteiger partial charge in [-0.05, 0) is 31.4 Å². The van der Waals surface area contributed by atoms with E-state index in [1.54, 1.807) is 0 Å². The maximum atomic E-state index is 4.30. The van der Waals surface area contributed by atoms with E-state index in [1.165, 1.54) is 37.7 Å². The van der Waals surface area contributed by atoms with Gasteiger partial charge in [-0.25, -0.2) is 0 Å². The second-order valence-electron chi connectivity index (χ2n) is 4.52. The van der Waals surface area contributed by atoms with Crippen LogP contribution in [-0.4, -0.2) is 11.0 Å². The molecule has 0 spiro atoms. The molecule has 0 saturated heterocycles. The first-order chi connectivity index (χ1) is 7.34. The first-order valence-electron chi connectivity index (χ1n) is 5.99. The largest absolute Gasteiger partial charge is 0.310 e. The third kappa shape index (κ3) is 3.31. The molecule has 1 N–H and O–H groups in total. The Morgan fingerprint density at radius 3 is 2.73 bits per heavy atom. The van der Waals surface area contributed by atoms with E-state index >= 15 is 0 Å². The highest BCUT2D eigenvalue weighted by Crippen LogP contribution is 2.17. The van der Waals surface area contributed by atoms with Gasteiger partial charge in [0.25, 0.3) is 0 Å². The second kappa shape index (κ2) is 5.26. The summed E-state index contributed by atoms with van der Waals surface area (Å²) >= 11 is 0. The summed E-state index contributed by atoms with van der Waals surface area (Å²) in [5.41, 5.74) is 2.39. The summed E-state index contributed by atoms with van der Waals surface area (Å²) in [7, 11) is 0. The van der Waals surface area contributed by atoms with Crippen molar-refractivity contribution >= 4 is 0 Å². The number of pyridine rings is 1. The Bertz CT molecular complexity index is 286. The SMILES string of the molecule is Cc1ccc(CNC2CCCCC2)cn1. The number of aryl methyl sites for hydroxylation is 1. The van der Waals surface area contributed by atoms with Crippen LogP contribution in [0.1, 0.15) is 43.4 Å². The lowest BCUT2D eigenvalue weighted by Crippen LogP contribution is -2.30. The average Bonchev–Trinajstić information content (AvgIpc) is 2.30. The number of nitrogens with one attached hydrogen (secondary N) is 1. The van der Waals surface area contributed by atoms with Crippen molar-refractivity contribution in [2.75, 3.05) is 0 Å². The van der Waals surface area contributed by atoms with Crippen LogP contribution in [0.25, 0.3) is 0 Å². The summed E-state index contributed by atoms with van der Waals surface area (Å²) in [5.74, 6) is 0. The maximum absolute atomic E-state index is 4.30. The first kappa shape index (κ1) is 10.6. The minimum atomic E-state index is 0.736. The minimum absolute atomic E-state index is 0.736. The molecule has 0 aromatic carbocycles. The average molecular weight is 204 g/mol. The second-order valence-corrected chi connectivity index (χ2v) is 4.52. The Morgan fingerprint density at radius 2 is 2.07 bits per heavy atom. The molecule has 1 aromatic heterocycles. The molecule has 0 bridgehead atoms. The van der Waals surface area contributed by atoms with E-state index in [0.717, 1.165) is 18.3 Å². The highest BCUT2D eigenvalue weighted by atomic mass is 14.9. The van der Waals surface area contributed by atoms with Gasteiger partial charge in [0, 0.05) is 24.5 Å². The highest BCUT2D eigenvalue weighted by molar-refractivity contribution is 5.12. The summed E-state index contributed by atoms with van der Waals surface area (Å²) in [4.78, 5) is 4.30. The third-order valence-corrected chi connectivity index (χ3v) is 3.17. The fourth-order valence-electron chi connectivity index (χ4n) is 2.17. The zero-order valence-electron chi connectivity index (χ0n) is 9.50. The number of hydrogen-bond acceptors (Lipinski definition) is 2. The van der Waals surface area contributed by atoms with Crippen LogP contribution in [0.3, 0.4) is 0 Å². The van der Waals surface area contributed by atoms with Crippen LogP contribution in [0.5, 0.6) is 0 Å². The molecule has 1 fully saturated rings. The molecule has 2 nitrogen and oxygen atoms in total. The Hall–Kier alpha value is -0.890. The zero-order chi connectivity index (χ0) is 10.5. The van der Waals surface area contributed by atoms with Crippen LogP contribution in [0.4, 0.5) is 0 Å². The van der Waals surface area contributed by atoms with E-state index in [4.69, 9.17) is 0 Å². The minimum Gasteiger partial charge on any atom is -0.310 e. The van der Waals surface area contributed by atoms with Gasteiger partial charge in [0.05, 0.1) is 0 Å². The molecule has 82 valence electrons. The van der Waals surface area contributed by atoms with Gasteiger partial charge >= 0.3 is 0 Å². The Kier molecular flexibility index (Phi) is 3.73. The third-order valence-electron chi connectivity index (χ3n) is 3.17. The Balaban J connectivity index is 1.79. The van der Waals surface area contributed by atoms with Crippen molar-refractivity contribution in [2.45, 2.75) is 51.6 Å². The van der Waals surface area contributed by atoms with Crippen LogP contribution in [0, 0.1) is 6.92 Å². The van der Waals surface area contributed by atoms with Gasteiger partial charge in [-0.2, -0.15) is 0 Å². The van der Waals surface area contributed by atoms with Crippen molar-refractivity contribution in [2.24, 2.45) is 0 Å². The van der Waals surface area contributed by atoms with E-state index in [2.05, 4.69) is 22.4 Å². The molecule has 2 heteroatoms. The molecule has 1 heterocycles. The van der Waals surface area contributed by atoms with Crippen molar-refractivity contribution < 1.29 is 0 Å². The van der Waals surface area contributed by atoms with Gasteiger partial charge in [-0.3, -0.25) is 4.98 Å². The van der Waals surface area contributed by atoms with Crippen molar-refractivity contribution in [3.63, 3.8) is 0 Å². The van der Waals surface area contributed by atoms with E-state index in [1.807, 2.05) is 13.1 Å². The van der Waals surface area contributed by atoms with Gasteiger partial charge < -0.3 is 5.32 Å². The Labute approximate surface area is 92.1 Å². The lowest BCUT2D eigenvalue weighted by atomic mass is 9.95. The van der Waals surface area contributed by atoms with Crippen molar-refractivity contribution in [1.29, 1.82) is 0 Å². The Morgan fingerprint density at radius 1 is 1.27 bits per heavy atom. The first-order valence-corrected chi connectivity index (χ1v) is 5.99. The van der Waals surface area contributed by atoms with Crippen molar-refractivity contribution in [3.05, 3.63) is 29.6 Å². The van der Waals surface area contributed by atoms with Crippen LogP contribution >= 0.6 is 0 Å². The standard InChI is InChI=1S/C13H20N2/c1-11-7-8-12(9-14-11)10-15-13-5-3-2-4-6-13/h7-9,13,15H,2-6,10H2,1H3. The molecule has 0 amide bonds. The summed E-state index contributed by atoms with van der Waals surface area (Å²) < 4.78 is 0. The molecule has 0 atom stereocenters. The maximum Gasteiger partial charge on any atom is 0.0372 e. The van der Waals surface area contributed by atoms with Gasteiger partial charge in [0.1, 0.15) is 0 Å². The number of hydrogen-bond donors (Lipinski definition) is 1. The molecule has 0 aliphatic heterocycles. The van der Waals surface area contributed by atoms with E-state index in [9.17, 15) is 0 Å². The predicted octanol–water partition coefficient (Wildman–Crippen LogP) is 2.81. The quantitative estimate of drug-likeness (QED) is 0.819. The summed E-state index contributed by atoms with van der Waals surface area (Å²) in [6.07, 6.45) is 8.88. The summed E-state index contributed by atoms with van der Waals surface area (Å²) in [6.45, 7) is 3.00. The molecule has 0 radical (unpaired) electrons. The lowest BCUT2D eigenvalue weighted by molar-refractivity contribution is 0.372. The summed E-state index contributed by atoms with van der Waals surface area (Å²) in [5, 5.41) is 3.62. The molecule has 2 rings (SSSR count). The topological polar surface area (TPSA) is 24.9 Å². The van der Waals surface area contributed by atoms with Crippen LogP contribution in [0.2, 0.25) is 0 Å². The molecule has 15 heavy (non-hydrogen) atoms. The van der Waals surface area contributed by atoms with E-state index in [-0.39, 0.29) is 0 Å². The monoisotopic (exact) mass is 204 g/mol. The molecule has 1 aliphatic carbocycles. The molecular weight excluding hydrogens is 184 g/mol. The summed E-state index contributed by atoms with van der Waals surface area (Å²) in [6, 6.07) is 4.98.